The summed E-state index contributed by atoms with van der Waals surface area (Å²) >= 11 is 0. The van der Waals surface area contributed by atoms with Gasteiger partial charge < -0.3 is 10.1 Å². The summed E-state index contributed by atoms with van der Waals surface area (Å²) in [6, 6.07) is 16.8. The summed E-state index contributed by atoms with van der Waals surface area (Å²) < 4.78 is 5.74. The molecule has 1 N–H and O–H groups in total. The summed E-state index contributed by atoms with van der Waals surface area (Å²) in [5.41, 5.74) is 3.36. The van der Waals surface area contributed by atoms with Crippen molar-refractivity contribution < 1.29 is 4.74 Å². The number of rotatable bonds is 4. The van der Waals surface area contributed by atoms with Crippen molar-refractivity contribution in [3.63, 3.8) is 0 Å². The molecule has 0 bridgehead atoms. The van der Waals surface area contributed by atoms with E-state index in [2.05, 4.69) is 46.9 Å². The van der Waals surface area contributed by atoms with Crippen LogP contribution in [-0.2, 0) is 0 Å². The molecule has 2 aromatic carbocycles. The molecule has 0 saturated heterocycles. The van der Waals surface area contributed by atoms with Crippen LogP contribution in [0.4, 0.5) is 11.4 Å². The number of fused-ring (bicyclic) bond motifs is 1. The lowest BCUT2D eigenvalue weighted by Crippen LogP contribution is -2.20. The lowest BCUT2D eigenvalue weighted by Gasteiger charge is -2.27. The molecule has 1 heterocycles. The van der Waals surface area contributed by atoms with Crippen LogP contribution in [-0.4, -0.2) is 12.8 Å². The highest BCUT2D eigenvalue weighted by molar-refractivity contribution is 5.75. The van der Waals surface area contributed by atoms with Crippen LogP contribution in [0.3, 0.4) is 0 Å². The average Bonchev–Trinajstić information content (AvgIpc) is 3.39. The molecule has 1 aliphatic heterocycles. The first-order valence-electron chi connectivity index (χ1n) is 8.01. The van der Waals surface area contributed by atoms with Crippen molar-refractivity contribution in [1.82, 2.24) is 0 Å². The summed E-state index contributed by atoms with van der Waals surface area (Å²) in [7, 11) is 0. The summed E-state index contributed by atoms with van der Waals surface area (Å²) in [6.07, 6.45) is 5.63. The molecule has 3 nitrogen and oxygen atoms in total. The third-order valence-electron chi connectivity index (χ3n) is 4.24. The molecule has 3 heteroatoms. The van der Waals surface area contributed by atoms with E-state index in [1.54, 1.807) is 0 Å². The number of hydrogen-bond donors (Lipinski definition) is 1. The topological polar surface area (TPSA) is 33.6 Å². The van der Waals surface area contributed by atoms with Gasteiger partial charge in [0.05, 0.1) is 24.0 Å². The molecule has 1 aliphatic carbocycles. The molecule has 4 rings (SSSR count). The fourth-order valence-electron chi connectivity index (χ4n) is 2.82. The molecular formula is C19H20N2O. The zero-order chi connectivity index (χ0) is 14.8. The van der Waals surface area contributed by atoms with Gasteiger partial charge in [-0.05, 0) is 37.0 Å². The highest BCUT2D eigenvalue weighted by Gasteiger charge is 2.22. The number of ether oxygens (including phenoxy) is 1. The maximum Gasteiger partial charge on any atom is 0.124 e. The largest absolute Gasteiger partial charge is 0.493 e. The van der Waals surface area contributed by atoms with Crippen LogP contribution in [0, 0.1) is 5.92 Å². The molecule has 0 radical (unpaired) electrons. The van der Waals surface area contributed by atoms with Crippen LogP contribution in [0.2, 0.25) is 0 Å². The fraction of sp³-hybridized carbons (Fsp3) is 0.316. The quantitative estimate of drug-likeness (QED) is 0.826. The second-order valence-electron chi connectivity index (χ2n) is 6.00. The molecule has 0 spiro atoms. The second kappa shape index (κ2) is 5.84. The van der Waals surface area contributed by atoms with Gasteiger partial charge in [0.25, 0.3) is 0 Å². The van der Waals surface area contributed by atoms with Gasteiger partial charge in [-0.1, -0.05) is 30.3 Å². The molecule has 0 aromatic heterocycles. The number of benzene rings is 2. The summed E-state index contributed by atoms with van der Waals surface area (Å²) in [6.45, 7) is 0.752. The molecule has 22 heavy (non-hydrogen) atoms. The summed E-state index contributed by atoms with van der Waals surface area (Å²) in [5, 5.41) is 3.66. The lowest BCUT2D eigenvalue weighted by molar-refractivity contribution is 0.274. The average molecular weight is 292 g/mol. The van der Waals surface area contributed by atoms with Crippen LogP contribution < -0.4 is 10.1 Å². The maximum absolute atomic E-state index is 5.74. The van der Waals surface area contributed by atoms with Crippen LogP contribution in [0.5, 0.6) is 5.75 Å². The minimum Gasteiger partial charge on any atom is -0.493 e. The zero-order valence-corrected chi connectivity index (χ0v) is 12.5. The summed E-state index contributed by atoms with van der Waals surface area (Å²) in [4.78, 5) is 4.67. The van der Waals surface area contributed by atoms with Crippen LogP contribution in [0.25, 0.3) is 0 Å². The van der Waals surface area contributed by atoms with E-state index in [9.17, 15) is 0 Å². The van der Waals surface area contributed by atoms with E-state index >= 15 is 0 Å². The Hall–Kier alpha value is -2.29. The summed E-state index contributed by atoms with van der Waals surface area (Å²) in [5.74, 6) is 1.68. The Morgan fingerprint density at radius 1 is 1.00 bits per heavy atom. The first-order valence-corrected chi connectivity index (χ1v) is 8.01. The van der Waals surface area contributed by atoms with Crippen molar-refractivity contribution in [1.29, 1.82) is 0 Å². The van der Waals surface area contributed by atoms with E-state index in [0.717, 1.165) is 30.2 Å². The number of hydrogen-bond acceptors (Lipinski definition) is 3. The predicted octanol–water partition coefficient (Wildman–Crippen LogP) is 4.73. The van der Waals surface area contributed by atoms with Gasteiger partial charge in [-0.15, -0.1) is 0 Å². The van der Waals surface area contributed by atoms with Crippen LogP contribution in [0.15, 0.2) is 53.5 Å². The van der Waals surface area contributed by atoms with E-state index in [-0.39, 0.29) is 6.04 Å². The van der Waals surface area contributed by atoms with Gasteiger partial charge in [-0.3, -0.25) is 4.99 Å². The Labute approximate surface area is 131 Å². The van der Waals surface area contributed by atoms with Gasteiger partial charge in [0, 0.05) is 18.2 Å². The first kappa shape index (κ1) is 13.4. The van der Waals surface area contributed by atoms with Crippen LogP contribution in [0.1, 0.15) is 30.9 Å². The molecule has 112 valence electrons. The smallest absolute Gasteiger partial charge is 0.124 e. The molecular weight excluding hydrogens is 272 g/mol. The normalized spacial score (nSPS) is 20.5. The molecule has 2 aliphatic rings. The Morgan fingerprint density at radius 2 is 1.82 bits per heavy atom. The monoisotopic (exact) mass is 292 g/mol. The third-order valence-corrected chi connectivity index (χ3v) is 4.24. The van der Waals surface area contributed by atoms with Crippen molar-refractivity contribution in [3.8, 4) is 5.75 Å². The Kier molecular flexibility index (Phi) is 3.55. The molecule has 1 atom stereocenters. The van der Waals surface area contributed by atoms with Gasteiger partial charge in [0.2, 0.25) is 0 Å². The number of nitrogens with one attached hydrogen (secondary N) is 1. The lowest BCUT2D eigenvalue weighted by atomic mass is 10.00. The van der Waals surface area contributed by atoms with Crippen molar-refractivity contribution in [2.24, 2.45) is 10.9 Å². The SMILES string of the molecule is C(=Nc1ccccc1NC1CCOc2ccccc21)C1CC1. The Balaban J connectivity index is 1.59. The van der Waals surface area contributed by atoms with Gasteiger partial charge in [-0.25, -0.2) is 0 Å². The first-order chi connectivity index (χ1) is 10.9. The molecule has 2 aromatic rings. The fourth-order valence-corrected chi connectivity index (χ4v) is 2.82. The van der Waals surface area contributed by atoms with Gasteiger partial charge in [0.1, 0.15) is 5.75 Å². The van der Waals surface area contributed by atoms with Gasteiger partial charge in [-0.2, -0.15) is 0 Å². The number of anilines is 1. The van der Waals surface area contributed by atoms with E-state index in [4.69, 9.17) is 4.74 Å². The minimum atomic E-state index is 0.280. The maximum atomic E-state index is 5.74. The number of nitrogens with zero attached hydrogens (tertiary/aromatic N) is 1. The predicted molar refractivity (Wildman–Crippen MR) is 90.2 cm³/mol. The number of para-hydroxylation sites is 3. The molecule has 1 fully saturated rings. The zero-order valence-electron chi connectivity index (χ0n) is 12.5. The van der Waals surface area contributed by atoms with Gasteiger partial charge >= 0.3 is 0 Å². The number of aliphatic imine (C=N–C) groups is 1. The van der Waals surface area contributed by atoms with Crippen molar-refractivity contribution in [3.05, 3.63) is 54.1 Å². The van der Waals surface area contributed by atoms with Crippen molar-refractivity contribution in [2.75, 3.05) is 11.9 Å². The van der Waals surface area contributed by atoms with E-state index in [0.29, 0.717) is 5.92 Å². The molecule has 1 unspecified atom stereocenters. The minimum absolute atomic E-state index is 0.280. The van der Waals surface area contributed by atoms with E-state index in [1.165, 1.54) is 18.4 Å². The second-order valence-corrected chi connectivity index (χ2v) is 6.00. The standard InChI is InChI=1S/C19H20N2O/c1-4-8-19-15(5-1)16(11-12-22-19)21-18-7-3-2-6-17(18)20-13-14-9-10-14/h1-8,13-14,16,21H,9-12H2. The van der Waals surface area contributed by atoms with Crippen LogP contribution >= 0.6 is 0 Å². The highest BCUT2D eigenvalue weighted by atomic mass is 16.5. The van der Waals surface area contributed by atoms with Crippen molar-refractivity contribution >= 4 is 17.6 Å². The van der Waals surface area contributed by atoms with E-state index in [1.807, 2.05) is 18.2 Å². The third kappa shape index (κ3) is 2.84. The molecule has 0 amide bonds. The van der Waals surface area contributed by atoms with Gasteiger partial charge in [0.15, 0.2) is 0 Å². The van der Waals surface area contributed by atoms with Crippen molar-refractivity contribution in [2.45, 2.75) is 25.3 Å². The Bertz CT molecular complexity index is 691. The Morgan fingerprint density at radius 3 is 2.73 bits per heavy atom. The van der Waals surface area contributed by atoms with E-state index < -0.39 is 0 Å². The highest BCUT2D eigenvalue weighted by Crippen LogP contribution is 2.36. The molecule has 1 saturated carbocycles.